The summed E-state index contributed by atoms with van der Waals surface area (Å²) < 4.78 is 6.21. The van der Waals surface area contributed by atoms with Gasteiger partial charge in [-0.2, -0.15) is 5.10 Å². The van der Waals surface area contributed by atoms with Crippen LogP contribution in [0.1, 0.15) is 17.4 Å². The fourth-order valence-electron chi connectivity index (χ4n) is 1.83. The van der Waals surface area contributed by atoms with E-state index in [1.165, 1.54) is 7.11 Å². The van der Waals surface area contributed by atoms with Gasteiger partial charge in [-0.05, 0) is 13.0 Å². The molecule has 6 nitrogen and oxygen atoms in total. The fourth-order valence-corrected chi connectivity index (χ4v) is 1.83. The van der Waals surface area contributed by atoms with E-state index in [0.29, 0.717) is 10.8 Å². The predicted molar refractivity (Wildman–Crippen MR) is 69.4 cm³/mol. The van der Waals surface area contributed by atoms with Gasteiger partial charge in [0.1, 0.15) is 0 Å². The van der Waals surface area contributed by atoms with Crippen molar-refractivity contribution in [3.63, 3.8) is 0 Å². The molecule has 1 aromatic heterocycles. The third kappa shape index (κ3) is 2.48. The molecule has 0 bridgehead atoms. The van der Waals surface area contributed by atoms with Crippen LogP contribution in [0.25, 0.3) is 10.8 Å². The highest BCUT2D eigenvalue weighted by atomic mass is 16.5. The highest BCUT2D eigenvalue weighted by Gasteiger charge is 2.16. The zero-order valence-corrected chi connectivity index (χ0v) is 10.7. The molecule has 1 aromatic carbocycles. The second-order valence-electron chi connectivity index (χ2n) is 4.23. The fraction of sp³-hybridized carbons (Fsp3) is 0.308. The van der Waals surface area contributed by atoms with Crippen LogP contribution in [-0.4, -0.2) is 34.1 Å². The van der Waals surface area contributed by atoms with Gasteiger partial charge in [-0.15, -0.1) is 0 Å². The number of methoxy groups -OCH3 is 1. The summed E-state index contributed by atoms with van der Waals surface area (Å²) in [6.45, 7) is 1.99. The SMILES string of the molecule is COC(C)Cn1nc(C(=O)O)c2ccccc2c1=O. The van der Waals surface area contributed by atoms with Crippen LogP contribution in [-0.2, 0) is 11.3 Å². The summed E-state index contributed by atoms with van der Waals surface area (Å²) in [5.41, 5.74) is -0.442. The van der Waals surface area contributed by atoms with Gasteiger partial charge in [0.25, 0.3) is 5.56 Å². The maximum Gasteiger partial charge on any atom is 0.357 e. The number of nitrogens with zero attached hydrogens (tertiary/aromatic N) is 2. The largest absolute Gasteiger partial charge is 0.476 e. The van der Waals surface area contributed by atoms with Crippen LogP contribution in [0.3, 0.4) is 0 Å². The molecule has 1 heterocycles. The number of carboxylic acid groups (broad SMARTS) is 1. The van der Waals surface area contributed by atoms with Crippen LogP contribution in [0.2, 0.25) is 0 Å². The molecule has 0 aliphatic carbocycles. The second kappa shape index (κ2) is 5.19. The van der Waals surface area contributed by atoms with E-state index in [0.717, 1.165) is 4.68 Å². The Morgan fingerprint density at radius 1 is 1.42 bits per heavy atom. The third-order valence-electron chi connectivity index (χ3n) is 2.90. The Morgan fingerprint density at radius 2 is 2.05 bits per heavy atom. The van der Waals surface area contributed by atoms with Crippen LogP contribution in [0, 0.1) is 0 Å². The van der Waals surface area contributed by atoms with Gasteiger partial charge in [-0.1, -0.05) is 18.2 Å². The summed E-state index contributed by atoms with van der Waals surface area (Å²) in [5.74, 6) is -1.16. The number of carboxylic acids is 1. The van der Waals surface area contributed by atoms with Crippen molar-refractivity contribution in [3.8, 4) is 0 Å². The lowest BCUT2D eigenvalue weighted by molar-refractivity contribution is 0.0684. The summed E-state index contributed by atoms with van der Waals surface area (Å²) in [5, 5.41) is 13.8. The van der Waals surface area contributed by atoms with Crippen molar-refractivity contribution in [1.82, 2.24) is 9.78 Å². The highest BCUT2D eigenvalue weighted by Crippen LogP contribution is 2.13. The summed E-state index contributed by atoms with van der Waals surface area (Å²) in [7, 11) is 1.52. The average molecular weight is 262 g/mol. The minimum absolute atomic E-state index is 0.126. The summed E-state index contributed by atoms with van der Waals surface area (Å²) >= 11 is 0. The van der Waals surface area contributed by atoms with E-state index in [4.69, 9.17) is 4.74 Å². The van der Waals surface area contributed by atoms with Crippen LogP contribution >= 0.6 is 0 Å². The molecule has 19 heavy (non-hydrogen) atoms. The van der Waals surface area contributed by atoms with E-state index in [9.17, 15) is 14.7 Å². The van der Waals surface area contributed by atoms with Gasteiger partial charge in [-0.3, -0.25) is 4.79 Å². The predicted octanol–water partition coefficient (Wildman–Crippen LogP) is 1.13. The number of hydrogen-bond donors (Lipinski definition) is 1. The third-order valence-corrected chi connectivity index (χ3v) is 2.90. The van der Waals surface area contributed by atoms with Crippen molar-refractivity contribution in [1.29, 1.82) is 0 Å². The molecule has 0 fully saturated rings. The number of hydrogen-bond acceptors (Lipinski definition) is 4. The highest BCUT2D eigenvalue weighted by molar-refractivity contribution is 6.01. The maximum atomic E-state index is 12.2. The molecule has 1 unspecified atom stereocenters. The van der Waals surface area contributed by atoms with Crippen LogP contribution in [0.15, 0.2) is 29.1 Å². The van der Waals surface area contributed by atoms with E-state index in [1.807, 2.05) is 0 Å². The molecule has 0 aliphatic heterocycles. The van der Waals surface area contributed by atoms with E-state index in [1.54, 1.807) is 31.2 Å². The standard InChI is InChI=1S/C13H14N2O4/c1-8(19-2)7-15-12(16)10-6-4-3-5-9(10)11(14-15)13(17)18/h3-6,8H,7H2,1-2H3,(H,17,18). The van der Waals surface area contributed by atoms with Gasteiger partial charge in [-0.25, -0.2) is 9.48 Å². The summed E-state index contributed by atoms with van der Waals surface area (Å²) in [6.07, 6.45) is -0.229. The molecular weight excluding hydrogens is 248 g/mol. The Kier molecular flexibility index (Phi) is 3.62. The molecule has 1 atom stereocenters. The molecule has 100 valence electrons. The van der Waals surface area contributed by atoms with Gasteiger partial charge in [0, 0.05) is 12.5 Å². The first-order valence-electron chi connectivity index (χ1n) is 5.80. The van der Waals surface area contributed by atoms with Crippen molar-refractivity contribution in [3.05, 3.63) is 40.3 Å². The van der Waals surface area contributed by atoms with Crippen LogP contribution in [0.5, 0.6) is 0 Å². The van der Waals surface area contributed by atoms with Gasteiger partial charge in [0.05, 0.1) is 18.0 Å². The molecule has 0 radical (unpaired) electrons. The Hall–Kier alpha value is -2.21. The monoisotopic (exact) mass is 262 g/mol. The molecule has 0 amide bonds. The summed E-state index contributed by atoms with van der Waals surface area (Å²) in [6, 6.07) is 6.55. The lowest BCUT2D eigenvalue weighted by Crippen LogP contribution is -2.30. The molecule has 0 aliphatic rings. The molecular formula is C13H14N2O4. The number of aromatic nitrogens is 2. The quantitative estimate of drug-likeness (QED) is 0.893. The Labute approximate surface area is 109 Å². The molecule has 6 heteroatoms. The van der Waals surface area contributed by atoms with E-state index in [2.05, 4.69) is 5.10 Å². The smallest absolute Gasteiger partial charge is 0.357 e. The van der Waals surface area contributed by atoms with Crippen LogP contribution in [0.4, 0.5) is 0 Å². The normalized spacial score (nSPS) is 12.5. The van der Waals surface area contributed by atoms with Gasteiger partial charge >= 0.3 is 5.97 Å². The summed E-state index contributed by atoms with van der Waals surface area (Å²) in [4.78, 5) is 23.4. The first-order valence-corrected chi connectivity index (χ1v) is 5.80. The molecule has 1 N–H and O–H groups in total. The minimum atomic E-state index is -1.16. The van der Waals surface area contributed by atoms with Crippen molar-refractivity contribution >= 4 is 16.7 Å². The molecule has 2 rings (SSSR count). The van der Waals surface area contributed by atoms with E-state index in [-0.39, 0.29) is 23.9 Å². The number of rotatable bonds is 4. The number of aromatic carboxylic acids is 1. The molecule has 0 saturated heterocycles. The van der Waals surface area contributed by atoms with Crippen molar-refractivity contribution in [2.45, 2.75) is 19.6 Å². The first kappa shape index (κ1) is 13.2. The number of carbonyl (C=O) groups is 1. The number of ether oxygens (including phenoxy) is 1. The number of benzene rings is 1. The van der Waals surface area contributed by atoms with Crippen molar-refractivity contribution in [2.24, 2.45) is 0 Å². The lowest BCUT2D eigenvalue weighted by atomic mass is 10.1. The van der Waals surface area contributed by atoms with Crippen molar-refractivity contribution < 1.29 is 14.6 Å². The van der Waals surface area contributed by atoms with Gasteiger partial charge in [0.15, 0.2) is 5.69 Å². The number of fused-ring (bicyclic) bond motifs is 1. The molecule has 0 saturated carbocycles. The van der Waals surface area contributed by atoms with Crippen molar-refractivity contribution in [2.75, 3.05) is 7.11 Å². The van der Waals surface area contributed by atoms with Crippen LogP contribution < -0.4 is 5.56 Å². The zero-order valence-electron chi connectivity index (χ0n) is 10.7. The Balaban J connectivity index is 2.70. The second-order valence-corrected chi connectivity index (χ2v) is 4.23. The Bertz CT molecular complexity index is 678. The topological polar surface area (TPSA) is 81.4 Å². The van der Waals surface area contributed by atoms with Gasteiger partial charge < -0.3 is 9.84 Å². The van der Waals surface area contributed by atoms with E-state index >= 15 is 0 Å². The first-order chi connectivity index (χ1) is 9.04. The molecule has 2 aromatic rings. The Morgan fingerprint density at radius 3 is 2.63 bits per heavy atom. The van der Waals surface area contributed by atoms with Gasteiger partial charge in [0.2, 0.25) is 0 Å². The molecule has 0 spiro atoms. The minimum Gasteiger partial charge on any atom is -0.476 e. The zero-order chi connectivity index (χ0) is 14.0. The van der Waals surface area contributed by atoms with E-state index < -0.39 is 5.97 Å². The lowest BCUT2D eigenvalue weighted by Gasteiger charge is -2.12. The average Bonchev–Trinajstić information content (AvgIpc) is 2.41. The maximum absolute atomic E-state index is 12.2.